The summed E-state index contributed by atoms with van der Waals surface area (Å²) in [5.74, 6) is -1.67. The molecule has 15 heavy (non-hydrogen) atoms. The zero-order valence-electron chi connectivity index (χ0n) is 8.59. The van der Waals surface area contributed by atoms with Gasteiger partial charge in [0.1, 0.15) is 5.92 Å². The largest absolute Gasteiger partial charge is 0.502 e. The van der Waals surface area contributed by atoms with Gasteiger partial charge in [0, 0.05) is 27.1 Å². The first-order valence-corrected chi connectivity index (χ1v) is 4.65. The van der Waals surface area contributed by atoms with Gasteiger partial charge in [0.25, 0.3) is 0 Å². The van der Waals surface area contributed by atoms with E-state index in [1.807, 2.05) is 0 Å². The van der Waals surface area contributed by atoms with Gasteiger partial charge in [0.15, 0.2) is 5.76 Å². The number of hydrogen-bond acceptors (Lipinski definition) is 3. The Bertz CT molecular complexity index is 187. The monoisotopic (exact) mass is 395 g/mol. The average Bonchev–Trinajstić information content (AvgIpc) is 2.11. The van der Waals surface area contributed by atoms with E-state index in [4.69, 9.17) is 15.9 Å². The third-order valence-corrected chi connectivity index (χ3v) is 2.21. The molecule has 0 bridgehead atoms. The van der Waals surface area contributed by atoms with Gasteiger partial charge < -0.3 is 15.9 Å². The second-order valence-corrected chi connectivity index (χ2v) is 3.46. The Hall–Kier alpha value is -0.472. The smallest absolute Gasteiger partial charge is 0.370 e. The molecule has 5 heteroatoms. The van der Waals surface area contributed by atoms with Crippen molar-refractivity contribution in [2.75, 3.05) is 0 Å². The molecule has 1 aliphatic carbocycles. The van der Waals surface area contributed by atoms with Crippen LogP contribution in [0, 0.1) is 12.8 Å². The Balaban J connectivity index is 0. The van der Waals surface area contributed by atoms with Gasteiger partial charge >= 0.3 is 5.97 Å². The van der Waals surface area contributed by atoms with E-state index in [9.17, 15) is 4.79 Å². The molecular formula is C10H18NO3Pt+. The predicted octanol–water partition coefficient (Wildman–Crippen LogP) is 1.48. The topological polar surface area (TPSA) is 83.5 Å². The summed E-state index contributed by atoms with van der Waals surface area (Å²) in [4.78, 5) is 9.35. The SMILES string of the molecule is C=C(O)C(=O)O.[CH2+][C@@H]1CCCC[C@H]1N.[Pt]. The molecule has 1 saturated carbocycles. The summed E-state index contributed by atoms with van der Waals surface area (Å²) in [7, 11) is 0. The zero-order valence-corrected chi connectivity index (χ0v) is 10.9. The fourth-order valence-electron chi connectivity index (χ4n) is 1.24. The second-order valence-electron chi connectivity index (χ2n) is 3.46. The summed E-state index contributed by atoms with van der Waals surface area (Å²) in [5.41, 5.74) is 5.72. The summed E-state index contributed by atoms with van der Waals surface area (Å²) in [6, 6.07) is 0.392. The molecule has 4 N–H and O–H groups in total. The minimum atomic E-state index is -1.38. The van der Waals surface area contributed by atoms with Crippen LogP contribution in [-0.2, 0) is 25.9 Å². The molecule has 0 amide bonds. The summed E-state index contributed by atoms with van der Waals surface area (Å²) in [6.07, 6.45) is 5.07. The van der Waals surface area contributed by atoms with Crippen LogP contribution in [-0.4, -0.2) is 22.2 Å². The van der Waals surface area contributed by atoms with Crippen LogP contribution in [0.3, 0.4) is 0 Å². The molecule has 0 spiro atoms. The van der Waals surface area contributed by atoms with Gasteiger partial charge in [0.05, 0.1) is 6.92 Å². The summed E-state index contributed by atoms with van der Waals surface area (Å²) in [5, 5.41) is 15.5. The molecule has 1 fully saturated rings. The summed E-state index contributed by atoms with van der Waals surface area (Å²) >= 11 is 0. The Morgan fingerprint density at radius 1 is 1.33 bits per heavy atom. The maximum absolute atomic E-state index is 9.35. The molecule has 0 unspecified atom stereocenters. The van der Waals surface area contributed by atoms with Crippen molar-refractivity contribution in [3.8, 4) is 0 Å². The number of rotatable bonds is 1. The maximum atomic E-state index is 9.35. The van der Waals surface area contributed by atoms with Crippen molar-refractivity contribution in [3.63, 3.8) is 0 Å². The first-order chi connectivity index (χ1) is 6.45. The van der Waals surface area contributed by atoms with Crippen LogP contribution in [0.25, 0.3) is 0 Å². The van der Waals surface area contributed by atoms with Crippen LogP contribution in [0.2, 0.25) is 0 Å². The number of nitrogens with two attached hydrogens (primary N) is 1. The van der Waals surface area contributed by atoms with E-state index in [0.29, 0.717) is 12.0 Å². The van der Waals surface area contributed by atoms with Crippen molar-refractivity contribution in [2.24, 2.45) is 11.7 Å². The van der Waals surface area contributed by atoms with Crippen LogP contribution in [0.5, 0.6) is 0 Å². The fourth-order valence-corrected chi connectivity index (χ4v) is 1.24. The van der Waals surface area contributed by atoms with Gasteiger partial charge in [-0.2, -0.15) is 0 Å². The predicted molar refractivity (Wildman–Crippen MR) is 54.7 cm³/mol. The minimum Gasteiger partial charge on any atom is -0.502 e. The van der Waals surface area contributed by atoms with Crippen LogP contribution >= 0.6 is 0 Å². The van der Waals surface area contributed by atoms with Crippen molar-refractivity contribution in [3.05, 3.63) is 19.3 Å². The Morgan fingerprint density at radius 2 is 1.73 bits per heavy atom. The number of carboxylic acids is 1. The number of hydrogen-bond donors (Lipinski definition) is 3. The molecule has 2 atom stereocenters. The molecular weight excluding hydrogens is 377 g/mol. The van der Waals surface area contributed by atoms with Gasteiger partial charge in [0.2, 0.25) is 0 Å². The van der Waals surface area contributed by atoms with Crippen molar-refractivity contribution in [1.82, 2.24) is 0 Å². The molecule has 90 valence electrons. The fraction of sp³-hybridized carbons (Fsp3) is 0.600. The van der Waals surface area contributed by atoms with Gasteiger partial charge in [-0.1, -0.05) is 6.42 Å². The van der Waals surface area contributed by atoms with Crippen LogP contribution in [0.1, 0.15) is 25.7 Å². The third kappa shape index (κ3) is 8.52. The number of aliphatic hydroxyl groups is 1. The van der Waals surface area contributed by atoms with Gasteiger partial charge in [-0.15, -0.1) is 0 Å². The van der Waals surface area contributed by atoms with E-state index in [1.165, 1.54) is 25.7 Å². The van der Waals surface area contributed by atoms with Crippen LogP contribution in [0.15, 0.2) is 12.3 Å². The van der Waals surface area contributed by atoms with E-state index in [2.05, 4.69) is 13.5 Å². The number of carboxylic acid groups (broad SMARTS) is 1. The quantitative estimate of drug-likeness (QED) is 0.357. The van der Waals surface area contributed by atoms with Crippen LogP contribution < -0.4 is 5.73 Å². The Labute approximate surface area is 105 Å². The summed E-state index contributed by atoms with van der Waals surface area (Å²) in [6.45, 7) is 6.66. The van der Waals surface area contributed by atoms with Crippen molar-refractivity contribution >= 4 is 5.97 Å². The molecule has 0 aromatic rings. The number of aliphatic carboxylic acids is 1. The minimum absolute atomic E-state index is 0. The molecule has 0 heterocycles. The zero-order chi connectivity index (χ0) is 11.1. The molecule has 0 aromatic heterocycles. The summed E-state index contributed by atoms with van der Waals surface area (Å²) < 4.78 is 0. The van der Waals surface area contributed by atoms with Crippen molar-refractivity contribution < 1.29 is 36.1 Å². The number of aliphatic hydroxyl groups excluding tert-OH is 1. The maximum Gasteiger partial charge on any atom is 0.370 e. The Kier molecular flexibility index (Phi) is 9.95. The first kappa shape index (κ1) is 16.9. The van der Waals surface area contributed by atoms with E-state index in [0.717, 1.165) is 0 Å². The normalized spacial score (nSPS) is 24.1. The molecule has 0 aromatic carbocycles. The third-order valence-electron chi connectivity index (χ3n) is 2.21. The van der Waals surface area contributed by atoms with Crippen LogP contribution in [0.4, 0.5) is 0 Å². The molecule has 4 nitrogen and oxygen atoms in total. The standard InChI is InChI=1S/C7H14N.C3H4O3.Pt/c1-6-4-2-3-5-7(6)8;1-2(4)3(5)6;/h6-7H,1-5,8H2;4H,1H2,(H,5,6);/q+1;;/t6-,7-;;/m1../s1. The Morgan fingerprint density at radius 3 is 1.93 bits per heavy atom. The number of carbonyl (C=O) groups is 1. The first-order valence-electron chi connectivity index (χ1n) is 4.65. The molecule has 1 aliphatic rings. The molecule has 1 rings (SSSR count). The van der Waals surface area contributed by atoms with Gasteiger partial charge in [-0.05, 0) is 25.8 Å². The van der Waals surface area contributed by atoms with Gasteiger partial charge in [-0.25, -0.2) is 4.79 Å². The molecule has 0 radical (unpaired) electrons. The van der Waals surface area contributed by atoms with E-state index in [-0.39, 0.29) is 21.1 Å². The van der Waals surface area contributed by atoms with Gasteiger partial charge in [-0.3, -0.25) is 0 Å². The van der Waals surface area contributed by atoms with E-state index in [1.54, 1.807) is 0 Å². The molecule has 0 aliphatic heterocycles. The van der Waals surface area contributed by atoms with Crippen molar-refractivity contribution in [2.45, 2.75) is 31.7 Å². The second kappa shape index (κ2) is 8.81. The average molecular weight is 395 g/mol. The molecule has 0 saturated heterocycles. The van der Waals surface area contributed by atoms with E-state index >= 15 is 0 Å². The van der Waals surface area contributed by atoms with Crippen molar-refractivity contribution in [1.29, 1.82) is 0 Å². The van der Waals surface area contributed by atoms with E-state index < -0.39 is 11.7 Å².